The molecule has 0 radical (unpaired) electrons. The largest absolute Gasteiger partial charge is 0.490 e. The van der Waals surface area contributed by atoms with Gasteiger partial charge in [-0.1, -0.05) is 18.2 Å². The Morgan fingerprint density at radius 1 is 1.03 bits per heavy atom. The van der Waals surface area contributed by atoms with Gasteiger partial charge in [-0.15, -0.1) is 0 Å². The van der Waals surface area contributed by atoms with Gasteiger partial charge in [-0.25, -0.2) is 9.38 Å². The Balaban J connectivity index is 1.61. The molecule has 1 aliphatic heterocycles. The molecule has 11 nitrogen and oxygen atoms in total. The van der Waals surface area contributed by atoms with Crippen LogP contribution >= 0.6 is 11.8 Å². The number of hydrogen-bond donors (Lipinski definition) is 1. The monoisotopic (exact) mass is 524 g/mol. The van der Waals surface area contributed by atoms with Crippen LogP contribution in [-0.2, 0) is 4.79 Å². The van der Waals surface area contributed by atoms with Crippen LogP contribution in [0.2, 0.25) is 0 Å². The van der Waals surface area contributed by atoms with Gasteiger partial charge in [0.25, 0.3) is 11.6 Å². The number of benzene rings is 3. The summed E-state index contributed by atoms with van der Waals surface area (Å²) < 4.78 is 25.2. The average molecular weight is 524 g/mol. The number of rotatable bonds is 8. The van der Waals surface area contributed by atoms with E-state index in [4.69, 9.17) is 9.47 Å². The van der Waals surface area contributed by atoms with Gasteiger partial charge in [-0.3, -0.25) is 25.0 Å². The molecule has 188 valence electrons. The Morgan fingerprint density at radius 3 is 2.49 bits per heavy atom. The zero-order valence-corrected chi connectivity index (χ0v) is 19.9. The number of nitrogens with one attached hydrogen (secondary N) is 1. The molecule has 37 heavy (non-hydrogen) atoms. The number of amides is 1. The molecule has 1 heterocycles. The number of para-hydroxylation sites is 1. The molecule has 1 fully saturated rings. The number of halogens is 1. The molecular formula is C24H17FN4O7S. The van der Waals surface area contributed by atoms with Crippen molar-refractivity contribution in [2.24, 2.45) is 4.99 Å². The molecule has 0 aliphatic carbocycles. The third kappa shape index (κ3) is 5.90. The zero-order chi connectivity index (χ0) is 26.5. The van der Waals surface area contributed by atoms with Crippen molar-refractivity contribution in [1.82, 2.24) is 5.32 Å². The van der Waals surface area contributed by atoms with E-state index in [9.17, 15) is 29.4 Å². The van der Waals surface area contributed by atoms with Crippen molar-refractivity contribution >= 4 is 46.0 Å². The normalized spacial score (nSPS) is 15.0. The third-order valence-electron chi connectivity index (χ3n) is 4.86. The first-order chi connectivity index (χ1) is 17.7. The van der Waals surface area contributed by atoms with Crippen LogP contribution in [0.25, 0.3) is 6.08 Å². The molecule has 1 aliphatic rings. The molecule has 1 N–H and O–H groups in total. The van der Waals surface area contributed by atoms with Crippen molar-refractivity contribution in [3.8, 4) is 17.2 Å². The second-order valence-corrected chi connectivity index (χ2v) is 8.37. The quantitative estimate of drug-likeness (QED) is 0.223. The van der Waals surface area contributed by atoms with E-state index in [0.29, 0.717) is 10.5 Å². The lowest BCUT2D eigenvalue weighted by Gasteiger charge is -2.12. The lowest BCUT2D eigenvalue weighted by atomic mass is 10.2. The van der Waals surface area contributed by atoms with Crippen LogP contribution in [0.1, 0.15) is 12.5 Å². The predicted molar refractivity (Wildman–Crippen MR) is 135 cm³/mol. The van der Waals surface area contributed by atoms with Gasteiger partial charge in [-0.05, 0) is 60.7 Å². The van der Waals surface area contributed by atoms with Gasteiger partial charge in [0.2, 0.25) is 5.75 Å². The Hall–Kier alpha value is -4.78. The second kappa shape index (κ2) is 10.9. The summed E-state index contributed by atoms with van der Waals surface area (Å²) in [5.41, 5.74) is -0.384. The number of nitrogens with zero attached hydrogens (tertiary/aromatic N) is 3. The summed E-state index contributed by atoms with van der Waals surface area (Å²) in [6.07, 6.45) is 1.57. The maximum Gasteiger partial charge on any atom is 0.318 e. The third-order valence-corrected chi connectivity index (χ3v) is 5.77. The number of non-ortho nitro benzene ring substituents is 1. The van der Waals surface area contributed by atoms with Crippen LogP contribution in [0.3, 0.4) is 0 Å². The number of carbonyl (C=O) groups excluding carboxylic acids is 1. The van der Waals surface area contributed by atoms with Crippen molar-refractivity contribution in [1.29, 1.82) is 0 Å². The number of aliphatic imine (C=N–C) groups is 1. The Labute approximate surface area is 212 Å². The molecule has 0 atom stereocenters. The highest BCUT2D eigenvalue weighted by molar-refractivity contribution is 8.18. The summed E-state index contributed by atoms with van der Waals surface area (Å²) >= 11 is 1.03. The van der Waals surface area contributed by atoms with Crippen molar-refractivity contribution in [3.63, 3.8) is 0 Å². The molecule has 3 aromatic carbocycles. The smallest absolute Gasteiger partial charge is 0.318 e. The zero-order valence-electron chi connectivity index (χ0n) is 19.0. The first-order valence-electron chi connectivity index (χ1n) is 10.7. The number of nitro benzene ring substituents is 2. The fourth-order valence-electron chi connectivity index (χ4n) is 3.22. The van der Waals surface area contributed by atoms with Gasteiger partial charge in [-0.2, -0.15) is 0 Å². The summed E-state index contributed by atoms with van der Waals surface area (Å²) in [6, 6.07) is 13.6. The Morgan fingerprint density at radius 2 is 1.78 bits per heavy atom. The van der Waals surface area contributed by atoms with E-state index < -0.39 is 32.9 Å². The van der Waals surface area contributed by atoms with Crippen LogP contribution in [0.15, 0.2) is 70.6 Å². The number of nitro groups is 2. The van der Waals surface area contributed by atoms with Gasteiger partial charge in [0.15, 0.2) is 16.7 Å². The molecule has 0 unspecified atom stereocenters. The lowest BCUT2D eigenvalue weighted by molar-refractivity contribution is -0.394. The first-order valence-corrected chi connectivity index (χ1v) is 11.5. The van der Waals surface area contributed by atoms with Gasteiger partial charge in [0.05, 0.1) is 27.4 Å². The summed E-state index contributed by atoms with van der Waals surface area (Å²) in [4.78, 5) is 37.7. The van der Waals surface area contributed by atoms with Gasteiger partial charge in [0, 0.05) is 6.07 Å². The fourth-order valence-corrected chi connectivity index (χ4v) is 4.05. The molecule has 0 bridgehead atoms. The van der Waals surface area contributed by atoms with Crippen LogP contribution < -0.4 is 14.8 Å². The van der Waals surface area contributed by atoms with Gasteiger partial charge < -0.3 is 14.8 Å². The fraction of sp³-hybridized carbons (Fsp3) is 0.0833. The SMILES string of the molecule is CCOc1cc(/C=C2\SC(=Nc3ccccc3F)NC2=O)ccc1Oc1ccc([N+](=O)[O-])cc1[N+](=O)[O-]. The molecule has 13 heteroatoms. The van der Waals surface area contributed by atoms with Gasteiger partial charge >= 0.3 is 5.69 Å². The highest BCUT2D eigenvalue weighted by Crippen LogP contribution is 2.39. The van der Waals surface area contributed by atoms with E-state index in [2.05, 4.69) is 10.3 Å². The Bertz CT molecular complexity index is 1480. The number of hydrogen-bond acceptors (Lipinski definition) is 9. The molecule has 0 saturated carbocycles. The minimum atomic E-state index is -0.780. The summed E-state index contributed by atoms with van der Waals surface area (Å²) in [5, 5.41) is 25.2. The maximum atomic E-state index is 13.9. The van der Waals surface area contributed by atoms with Crippen molar-refractivity contribution in [3.05, 3.63) is 97.2 Å². The lowest BCUT2D eigenvalue weighted by Crippen LogP contribution is -2.19. The molecule has 1 saturated heterocycles. The summed E-state index contributed by atoms with van der Waals surface area (Å²) in [7, 11) is 0. The second-order valence-electron chi connectivity index (χ2n) is 7.34. The van der Waals surface area contributed by atoms with Gasteiger partial charge in [0.1, 0.15) is 11.5 Å². The molecule has 3 aromatic rings. The highest BCUT2D eigenvalue weighted by Gasteiger charge is 2.25. The number of ether oxygens (including phenoxy) is 2. The number of amidine groups is 1. The molecular weight excluding hydrogens is 507 g/mol. The first kappa shape index (κ1) is 25.3. The van der Waals surface area contributed by atoms with Crippen LogP contribution in [0.4, 0.5) is 21.5 Å². The summed E-state index contributed by atoms with van der Waals surface area (Å²) in [5.74, 6) is -0.783. The Kier molecular flexibility index (Phi) is 7.44. The number of thioether (sulfide) groups is 1. The van der Waals surface area contributed by atoms with Crippen molar-refractivity contribution in [2.45, 2.75) is 6.92 Å². The van der Waals surface area contributed by atoms with Crippen molar-refractivity contribution < 1.29 is 28.5 Å². The average Bonchev–Trinajstić information content (AvgIpc) is 3.20. The number of carbonyl (C=O) groups is 1. The van der Waals surface area contributed by atoms with Crippen LogP contribution in [0.5, 0.6) is 17.2 Å². The molecule has 0 spiro atoms. The minimum absolute atomic E-state index is 0.0898. The summed E-state index contributed by atoms with van der Waals surface area (Å²) in [6.45, 7) is 1.97. The van der Waals surface area contributed by atoms with E-state index in [1.165, 1.54) is 24.3 Å². The van der Waals surface area contributed by atoms with E-state index in [-0.39, 0.29) is 34.7 Å². The van der Waals surface area contributed by atoms with Crippen LogP contribution in [0, 0.1) is 26.0 Å². The predicted octanol–water partition coefficient (Wildman–Crippen LogP) is 5.72. The van der Waals surface area contributed by atoms with E-state index in [1.54, 1.807) is 31.2 Å². The topological polar surface area (TPSA) is 146 Å². The molecule has 4 rings (SSSR count). The standard InChI is InChI=1S/C24H17FN4O7S/c1-2-35-21-11-14(12-22-23(30)27-24(37-22)26-17-6-4-3-5-16(17)25)7-9-20(21)36-19-10-8-15(28(31)32)13-18(19)29(33)34/h3-13H,2H2,1H3,(H,26,27,30)/b22-12-. The highest BCUT2D eigenvalue weighted by atomic mass is 32.2. The molecule has 1 amide bonds. The van der Waals surface area contributed by atoms with E-state index >= 15 is 0 Å². The van der Waals surface area contributed by atoms with Crippen molar-refractivity contribution in [2.75, 3.05) is 6.61 Å². The van der Waals surface area contributed by atoms with Crippen LogP contribution in [-0.4, -0.2) is 27.5 Å². The minimum Gasteiger partial charge on any atom is -0.490 e. The molecule has 0 aromatic heterocycles. The van der Waals surface area contributed by atoms with E-state index in [0.717, 1.165) is 30.0 Å². The van der Waals surface area contributed by atoms with E-state index in [1.807, 2.05) is 0 Å². The maximum absolute atomic E-state index is 13.9.